The average molecular weight is 1070 g/mol. The first kappa shape index (κ1) is 73.5. The van der Waals surface area contributed by atoms with Gasteiger partial charge < -0.3 is 28.8 Å². The molecule has 0 spiro atoms. The van der Waals surface area contributed by atoms with Gasteiger partial charge in [0.2, 0.25) is 5.91 Å². The molecule has 0 fully saturated rings. The second-order valence-electron chi connectivity index (χ2n) is 24.5. The van der Waals surface area contributed by atoms with E-state index in [9.17, 15) is 19.4 Å². The van der Waals surface area contributed by atoms with Crippen LogP contribution >= 0.6 is 7.82 Å². The average Bonchev–Trinajstić information content (AvgIpc) is 3.36. The maximum atomic E-state index is 13.0. The van der Waals surface area contributed by atoms with Crippen LogP contribution in [0.3, 0.4) is 0 Å². The molecule has 0 saturated heterocycles. The molecule has 0 saturated carbocycles. The third-order valence-corrected chi connectivity index (χ3v) is 16.8. The highest BCUT2D eigenvalue weighted by atomic mass is 31.2. The number of aliphatic hydroxyl groups is 1. The molecule has 0 aliphatic rings. The van der Waals surface area contributed by atoms with Crippen LogP contribution in [0.25, 0.3) is 0 Å². The van der Waals surface area contributed by atoms with Gasteiger partial charge in [-0.1, -0.05) is 341 Å². The molecule has 8 nitrogen and oxygen atoms in total. The van der Waals surface area contributed by atoms with Crippen LogP contribution in [0.4, 0.5) is 0 Å². The molecule has 0 aromatic carbocycles. The SMILES string of the molecule is CCCCCCCCCCCCCCCCCCCCCCCCCCCCCCCCC(O)C(COP(=O)([O-])OCC[N+](C)(C)C)NC(=O)CCCCCCCCCCCCCCCCCCCCCCCC. The Morgan fingerprint density at radius 2 is 0.662 bits per heavy atom. The zero-order valence-corrected chi connectivity index (χ0v) is 51.7. The van der Waals surface area contributed by atoms with Crippen molar-refractivity contribution in [3.63, 3.8) is 0 Å². The smallest absolute Gasteiger partial charge is 0.268 e. The fourth-order valence-corrected chi connectivity index (χ4v) is 11.4. The molecule has 2 N–H and O–H groups in total. The maximum absolute atomic E-state index is 13.0. The van der Waals surface area contributed by atoms with Crippen LogP contribution < -0.4 is 10.2 Å². The number of rotatable bonds is 63. The van der Waals surface area contributed by atoms with Crippen LogP contribution in [0.2, 0.25) is 0 Å². The van der Waals surface area contributed by atoms with Gasteiger partial charge in [0, 0.05) is 6.42 Å². The highest BCUT2D eigenvalue weighted by Crippen LogP contribution is 2.38. The molecule has 0 aliphatic heterocycles. The minimum Gasteiger partial charge on any atom is -0.756 e. The zero-order chi connectivity index (χ0) is 54.2. The van der Waals surface area contributed by atoms with E-state index in [0.717, 1.165) is 38.5 Å². The minimum absolute atomic E-state index is 0.0169. The lowest BCUT2D eigenvalue weighted by molar-refractivity contribution is -0.870. The summed E-state index contributed by atoms with van der Waals surface area (Å²) in [5, 5.41) is 14.1. The van der Waals surface area contributed by atoms with Gasteiger partial charge in [-0.05, 0) is 12.8 Å². The van der Waals surface area contributed by atoms with Crippen molar-refractivity contribution in [1.82, 2.24) is 5.32 Å². The van der Waals surface area contributed by atoms with Crippen molar-refractivity contribution >= 4 is 13.7 Å². The van der Waals surface area contributed by atoms with Gasteiger partial charge in [-0.15, -0.1) is 0 Å². The molecule has 0 radical (unpaired) electrons. The molecule has 0 aliphatic carbocycles. The first-order chi connectivity index (χ1) is 36.0. The van der Waals surface area contributed by atoms with Gasteiger partial charge in [0.25, 0.3) is 7.82 Å². The topological polar surface area (TPSA) is 108 Å². The molecule has 0 heterocycles. The lowest BCUT2D eigenvalue weighted by Crippen LogP contribution is -2.46. The lowest BCUT2D eigenvalue weighted by atomic mass is 10.0. The summed E-state index contributed by atoms with van der Waals surface area (Å²) in [7, 11) is 1.33. The Morgan fingerprint density at radius 3 is 0.919 bits per heavy atom. The maximum Gasteiger partial charge on any atom is 0.268 e. The van der Waals surface area contributed by atoms with Gasteiger partial charge >= 0.3 is 0 Å². The van der Waals surface area contributed by atoms with E-state index < -0.39 is 20.0 Å². The molecule has 444 valence electrons. The number of unbranched alkanes of at least 4 members (excludes halogenated alkanes) is 50. The number of hydrogen-bond acceptors (Lipinski definition) is 6. The molecule has 3 atom stereocenters. The third kappa shape index (κ3) is 59.2. The van der Waals surface area contributed by atoms with Crippen molar-refractivity contribution in [1.29, 1.82) is 0 Å². The van der Waals surface area contributed by atoms with Gasteiger partial charge in [-0.2, -0.15) is 0 Å². The first-order valence-corrected chi connectivity index (χ1v) is 34.8. The summed E-state index contributed by atoms with van der Waals surface area (Å²) in [5.74, 6) is -0.154. The number of amides is 1. The van der Waals surface area contributed by atoms with E-state index in [1.165, 1.54) is 295 Å². The number of phosphoric acid groups is 1. The predicted molar refractivity (Wildman–Crippen MR) is 321 cm³/mol. The van der Waals surface area contributed by atoms with E-state index in [2.05, 4.69) is 19.2 Å². The van der Waals surface area contributed by atoms with Gasteiger partial charge in [0.05, 0.1) is 39.9 Å². The van der Waals surface area contributed by atoms with E-state index >= 15 is 0 Å². The van der Waals surface area contributed by atoms with E-state index in [0.29, 0.717) is 23.9 Å². The number of quaternary nitrogens is 1. The van der Waals surface area contributed by atoms with Crippen LogP contribution in [0.15, 0.2) is 0 Å². The fourth-order valence-electron chi connectivity index (χ4n) is 10.6. The summed E-state index contributed by atoms with van der Waals surface area (Å²) in [6, 6.07) is -0.796. The molecular formula is C65H133N2O6P. The number of nitrogens with one attached hydrogen (secondary N) is 1. The van der Waals surface area contributed by atoms with Crippen LogP contribution in [0, 0.1) is 0 Å². The largest absolute Gasteiger partial charge is 0.756 e. The molecule has 0 aromatic heterocycles. The lowest BCUT2D eigenvalue weighted by Gasteiger charge is -2.30. The Labute approximate surface area is 463 Å². The quantitative estimate of drug-likeness (QED) is 0.0357. The van der Waals surface area contributed by atoms with Crippen molar-refractivity contribution in [2.75, 3.05) is 40.9 Å². The van der Waals surface area contributed by atoms with Crippen molar-refractivity contribution in [3.05, 3.63) is 0 Å². The van der Waals surface area contributed by atoms with E-state index in [-0.39, 0.29) is 19.1 Å². The summed E-state index contributed by atoms with van der Waals surface area (Å²) < 4.78 is 23.5. The fraction of sp³-hybridized carbons (Fsp3) is 0.985. The summed E-state index contributed by atoms with van der Waals surface area (Å²) in [4.78, 5) is 25.6. The van der Waals surface area contributed by atoms with Crippen LogP contribution in [-0.4, -0.2) is 68.5 Å². The summed E-state index contributed by atoms with van der Waals surface area (Å²) >= 11 is 0. The highest BCUT2D eigenvalue weighted by molar-refractivity contribution is 7.45. The summed E-state index contributed by atoms with van der Waals surface area (Å²) in [6.07, 6.45) is 70.2. The van der Waals surface area contributed by atoms with Gasteiger partial charge in [0.15, 0.2) is 0 Å². The first-order valence-electron chi connectivity index (χ1n) is 33.4. The van der Waals surface area contributed by atoms with E-state index in [1.807, 2.05) is 21.1 Å². The Hall–Kier alpha value is -0.500. The molecule has 1 amide bonds. The molecule has 0 aromatic rings. The Kier molecular flexibility index (Phi) is 56.8. The van der Waals surface area contributed by atoms with Crippen molar-refractivity contribution in [2.24, 2.45) is 0 Å². The van der Waals surface area contributed by atoms with Gasteiger partial charge in [0.1, 0.15) is 13.2 Å². The summed E-state index contributed by atoms with van der Waals surface area (Å²) in [5.41, 5.74) is 0. The number of aliphatic hydroxyl groups excluding tert-OH is 1. The Bertz CT molecular complexity index is 1170. The number of likely N-dealkylation sites (N-methyl/N-ethyl adjacent to an activating group) is 1. The van der Waals surface area contributed by atoms with Crippen LogP contribution in [0.5, 0.6) is 0 Å². The number of carbonyl (C=O) groups is 1. The van der Waals surface area contributed by atoms with Crippen LogP contribution in [0.1, 0.15) is 361 Å². The van der Waals surface area contributed by atoms with Gasteiger partial charge in [-0.25, -0.2) is 0 Å². The highest BCUT2D eigenvalue weighted by Gasteiger charge is 2.24. The second kappa shape index (κ2) is 57.2. The van der Waals surface area contributed by atoms with Gasteiger partial charge in [-0.3, -0.25) is 9.36 Å². The standard InChI is InChI=1S/C65H133N2O6P/c1-6-8-10-12-14-16-18-20-22-24-26-28-30-31-32-33-34-35-36-37-38-40-42-44-46-48-50-52-54-56-58-64(68)63(62-73-74(70,71)72-61-60-67(3,4)5)66-65(69)59-57-55-53-51-49-47-45-43-41-39-29-27-25-23-21-19-17-15-13-11-9-7-2/h63-64,68H,6-62H2,1-5H3,(H-,66,69,70,71). The van der Waals surface area contributed by atoms with Crippen LogP contribution in [-0.2, 0) is 18.4 Å². The number of hydrogen-bond donors (Lipinski definition) is 2. The minimum atomic E-state index is -4.57. The zero-order valence-electron chi connectivity index (χ0n) is 50.8. The Balaban J connectivity index is 4.01. The number of phosphoric ester groups is 1. The molecule has 3 unspecified atom stereocenters. The normalized spacial score (nSPS) is 13.7. The summed E-state index contributed by atoms with van der Waals surface area (Å²) in [6.45, 7) is 4.80. The molecule has 0 bridgehead atoms. The molecule has 74 heavy (non-hydrogen) atoms. The Morgan fingerprint density at radius 1 is 0.419 bits per heavy atom. The van der Waals surface area contributed by atoms with Crippen molar-refractivity contribution in [3.8, 4) is 0 Å². The molecule has 0 rings (SSSR count). The molecule has 9 heteroatoms. The monoisotopic (exact) mass is 1070 g/mol. The number of carbonyl (C=O) groups excluding carboxylic acids is 1. The van der Waals surface area contributed by atoms with E-state index in [1.54, 1.807) is 0 Å². The van der Waals surface area contributed by atoms with Crippen molar-refractivity contribution in [2.45, 2.75) is 373 Å². The number of nitrogens with zero attached hydrogens (tertiary/aromatic N) is 1. The molecular weight excluding hydrogens is 936 g/mol. The predicted octanol–water partition coefficient (Wildman–Crippen LogP) is 20.1. The second-order valence-corrected chi connectivity index (χ2v) is 26.0. The third-order valence-electron chi connectivity index (χ3n) is 15.8. The van der Waals surface area contributed by atoms with E-state index in [4.69, 9.17) is 9.05 Å². The van der Waals surface area contributed by atoms with Crippen molar-refractivity contribution < 1.29 is 32.9 Å².